The van der Waals surface area contributed by atoms with Crippen molar-refractivity contribution in [3.05, 3.63) is 109 Å². The van der Waals surface area contributed by atoms with E-state index in [2.05, 4.69) is 130 Å². The number of ether oxygens (including phenoxy) is 3. The summed E-state index contributed by atoms with van der Waals surface area (Å²) in [6.45, 7) is 2.35. The summed E-state index contributed by atoms with van der Waals surface area (Å²) >= 11 is 0. The summed E-state index contributed by atoms with van der Waals surface area (Å²) in [6, 6.07) is 0. The molecule has 5 unspecified atom stereocenters. The van der Waals surface area contributed by atoms with Gasteiger partial charge >= 0.3 is 33.6 Å². The fraction of sp³-hybridized carbons (Fsp3) is 0.687. The normalized spacial score (nSPS) is 15.0. The molecule has 0 saturated heterocycles. The molecule has 85 heavy (non-hydrogen) atoms. The molecule has 0 bridgehead atoms. The van der Waals surface area contributed by atoms with Crippen LogP contribution in [0.4, 0.5) is 0 Å². The maximum absolute atomic E-state index is 12.9. The third-order valence-electron chi connectivity index (χ3n) is 13.0. The number of esters is 3. The van der Waals surface area contributed by atoms with Crippen LogP contribution in [-0.2, 0) is 55.8 Å². The highest BCUT2D eigenvalue weighted by molar-refractivity contribution is 7.47. The molecule has 5 atom stereocenters. The van der Waals surface area contributed by atoms with Gasteiger partial charge in [0.25, 0.3) is 0 Å². The van der Waals surface area contributed by atoms with Gasteiger partial charge in [-0.05, 0) is 103 Å². The Kier molecular flexibility index (Phi) is 57.8. The van der Waals surface area contributed by atoms with Crippen LogP contribution in [-0.4, -0.2) is 95.9 Å². The Hall–Kier alpha value is -3.79. The molecule has 0 heterocycles. The molecule has 4 N–H and O–H groups in total. The SMILES string of the molecule is CC/C=C\C/C=C\C/C=C\C/C=C\C/C=C\C/C=C\CCCCC(=O)OCC(O)COP(=O)(O)OCC(O)COP(=O)(O)OCC(COC(=O)CCCCCCCCC/C=C\C/C=C\C/C=C\CC)OC(=O)CCCCCCCCCCCCC. The molecule has 0 rings (SSSR count). The molecular formula is C67H114O16P2. The second-order valence-corrected chi connectivity index (χ2v) is 24.1. The summed E-state index contributed by atoms with van der Waals surface area (Å²) in [7, 11) is -9.78. The number of hydrogen-bond acceptors (Lipinski definition) is 14. The minimum atomic E-state index is -4.92. The molecule has 0 aliphatic carbocycles. The molecule has 0 amide bonds. The van der Waals surface area contributed by atoms with Gasteiger partial charge < -0.3 is 34.2 Å². The average molecular weight is 1240 g/mol. The van der Waals surface area contributed by atoms with Crippen molar-refractivity contribution in [2.45, 2.75) is 257 Å². The zero-order valence-electron chi connectivity index (χ0n) is 52.5. The number of phosphoric acid groups is 2. The molecule has 0 aromatic rings. The number of allylic oxidation sites excluding steroid dienone is 18. The Labute approximate surface area is 513 Å². The molecule has 0 saturated carbocycles. The van der Waals surface area contributed by atoms with E-state index in [1.54, 1.807) is 0 Å². The van der Waals surface area contributed by atoms with E-state index >= 15 is 0 Å². The number of carbonyl (C=O) groups excluding carboxylic acids is 3. The van der Waals surface area contributed by atoms with Crippen LogP contribution in [0.25, 0.3) is 0 Å². The van der Waals surface area contributed by atoms with Crippen molar-refractivity contribution in [2.24, 2.45) is 0 Å². The fourth-order valence-corrected chi connectivity index (χ4v) is 9.70. The summed E-state index contributed by atoms with van der Waals surface area (Å²) in [5.41, 5.74) is 0. The number of unbranched alkanes of at least 4 members (excludes halogenated alkanes) is 19. The Morgan fingerprint density at radius 1 is 0.341 bits per heavy atom. The van der Waals surface area contributed by atoms with E-state index in [0.717, 1.165) is 141 Å². The minimum Gasteiger partial charge on any atom is -0.463 e. The maximum Gasteiger partial charge on any atom is 0.472 e. The van der Waals surface area contributed by atoms with Crippen LogP contribution in [0.1, 0.15) is 239 Å². The van der Waals surface area contributed by atoms with Gasteiger partial charge in [0.2, 0.25) is 0 Å². The van der Waals surface area contributed by atoms with Crippen molar-refractivity contribution >= 4 is 33.6 Å². The topological polar surface area (TPSA) is 231 Å². The van der Waals surface area contributed by atoms with Gasteiger partial charge in [-0.25, -0.2) is 9.13 Å². The van der Waals surface area contributed by atoms with Crippen LogP contribution in [0.5, 0.6) is 0 Å². The maximum atomic E-state index is 12.9. The van der Waals surface area contributed by atoms with Crippen LogP contribution < -0.4 is 0 Å². The number of hydrogen-bond donors (Lipinski definition) is 4. The first-order valence-electron chi connectivity index (χ1n) is 32.2. The van der Waals surface area contributed by atoms with Gasteiger partial charge in [-0.3, -0.25) is 32.5 Å². The third-order valence-corrected chi connectivity index (χ3v) is 14.9. The van der Waals surface area contributed by atoms with Crippen molar-refractivity contribution in [2.75, 3.05) is 39.6 Å². The highest BCUT2D eigenvalue weighted by Gasteiger charge is 2.29. The molecule has 0 spiro atoms. The second-order valence-electron chi connectivity index (χ2n) is 21.2. The highest BCUT2D eigenvalue weighted by atomic mass is 31.2. The van der Waals surface area contributed by atoms with E-state index in [1.807, 2.05) is 0 Å². The third kappa shape index (κ3) is 61.6. The lowest BCUT2D eigenvalue weighted by molar-refractivity contribution is -0.161. The monoisotopic (exact) mass is 1240 g/mol. The van der Waals surface area contributed by atoms with Crippen molar-refractivity contribution in [1.29, 1.82) is 0 Å². The van der Waals surface area contributed by atoms with Crippen LogP contribution in [0, 0.1) is 0 Å². The molecule has 0 aromatic heterocycles. The summed E-state index contributed by atoms with van der Waals surface area (Å²) in [5.74, 6) is -1.63. The first-order valence-corrected chi connectivity index (χ1v) is 35.2. The zero-order valence-corrected chi connectivity index (χ0v) is 54.3. The predicted molar refractivity (Wildman–Crippen MR) is 344 cm³/mol. The van der Waals surface area contributed by atoms with Gasteiger partial charge in [-0.1, -0.05) is 226 Å². The van der Waals surface area contributed by atoms with E-state index in [-0.39, 0.29) is 19.3 Å². The van der Waals surface area contributed by atoms with Gasteiger partial charge in [-0.2, -0.15) is 0 Å². The van der Waals surface area contributed by atoms with Crippen molar-refractivity contribution in [3.8, 4) is 0 Å². The first-order chi connectivity index (χ1) is 41.2. The number of phosphoric ester groups is 2. The second kappa shape index (κ2) is 60.5. The van der Waals surface area contributed by atoms with E-state index in [9.17, 15) is 43.5 Å². The number of carbonyl (C=O) groups is 3. The summed E-state index contributed by atoms with van der Waals surface area (Å²) in [5, 5.41) is 20.5. The lowest BCUT2D eigenvalue weighted by atomic mass is 10.1. The molecular weight excluding hydrogens is 1120 g/mol. The lowest BCUT2D eigenvalue weighted by Crippen LogP contribution is -2.30. The van der Waals surface area contributed by atoms with Crippen LogP contribution in [0.3, 0.4) is 0 Å². The molecule has 0 aliphatic rings. The number of aliphatic hydroxyl groups excluding tert-OH is 2. The van der Waals surface area contributed by atoms with Crippen molar-refractivity contribution < 1.29 is 75.8 Å². The van der Waals surface area contributed by atoms with E-state index in [4.69, 9.17) is 32.3 Å². The molecule has 0 radical (unpaired) electrons. The van der Waals surface area contributed by atoms with Gasteiger partial charge in [0.05, 0.1) is 26.4 Å². The smallest absolute Gasteiger partial charge is 0.463 e. The van der Waals surface area contributed by atoms with Crippen molar-refractivity contribution in [1.82, 2.24) is 0 Å². The quantitative estimate of drug-likeness (QED) is 0.0146. The van der Waals surface area contributed by atoms with Gasteiger partial charge in [0.1, 0.15) is 25.4 Å². The summed E-state index contributed by atoms with van der Waals surface area (Å²) in [6.07, 6.45) is 65.8. The van der Waals surface area contributed by atoms with Gasteiger partial charge in [0, 0.05) is 19.3 Å². The standard InChI is InChI=1S/C67H114O16P2/c1-4-7-10-13-16-19-22-24-26-28-29-30-31-33-35-36-39-41-44-47-50-53-65(70)77-56-62(68)57-79-84(73,74)80-58-63(69)59-81-85(75,76)82-61-64(83-67(72)55-52-49-46-43-38-21-18-15-12-9-6-3)60-78-66(71)54-51-48-45-42-40-37-34-32-27-25-23-20-17-14-11-8-5-2/h7-8,10-11,16-17,19-20,24-27,29-30,33,35,39,41,62-64,68-69H,4-6,9,12-15,18,21-23,28,31-32,34,36-38,40,42-61H2,1-3H3,(H,73,74)(H,75,76)/b10-7-,11-8-,19-16-,20-17-,26-24-,27-25-,30-29-,35-33-,41-39-. The Morgan fingerprint density at radius 2 is 0.624 bits per heavy atom. The van der Waals surface area contributed by atoms with Gasteiger partial charge in [0.15, 0.2) is 6.10 Å². The number of rotatable bonds is 60. The van der Waals surface area contributed by atoms with E-state index in [0.29, 0.717) is 19.3 Å². The van der Waals surface area contributed by atoms with Crippen molar-refractivity contribution in [3.63, 3.8) is 0 Å². The Morgan fingerprint density at radius 3 is 1.01 bits per heavy atom. The molecule has 0 aromatic carbocycles. The molecule has 16 nitrogen and oxygen atoms in total. The summed E-state index contributed by atoms with van der Waals surface area (Å²) in [4.78, 5) is 58.2. The van der Waals surface area contributed by atoms with Crippen LogP contribution in [0.15, 0.2) is 109 Å². The zero-order chi connectivity index (χ0) is 62.4. The highest BCUT2D eigenvalue weighted by Crippen LogP contribution is 2.45. The number of aliphatic hydroxyl groups is 2. The predicted octanol–water partition coefficient (Wildman–Crippen LogP) is 17.3. The van der Waals surface area contributed by atoms with Gasteiger partial charge in [-0.15, -0.1) is 0 Å². The summed E-state index contributed by atoms with van der Waals surface area (Å²) < 4.78 is 60.7. The molecule has 488 valence electrons. The lowest BCUT2D eigenvalue weighted by Gasteiger charge is -2.21. The Balaban J connectivity index is 4.64. The van der Waals surface area contributed by atoms with E-state index < -0.39 is 91.5 Å². The molecule has 0 aliphatic heterocycles. The fourth-order valence-electron chi connectivity index (χ4n) is 8.12. The first kappa shape index (κ1) is 81.2. The van der Waals surface area contributed by atoms with Crippen LogP contribution in [0.2, 0.25) is 0 Å². The minimum absolute atomic E-state index is 0.102. The largest absolute Gasteiger partial charge is 0.472 e. The van der Waals surface area contributed by atoms with E-state index in [1.165, 1.54) is 38.5 Å². The Bertz CT molecular complexity index is 1990. The molecule has 0 fully saturated rings. The molecule has 18 heteroatoms. The van der Waals surface area contributed by atoms with Crippen LogP contribution >= 0.6 is 15.6 Å². The average Bonchev–Trinajstić information content (AvgIpc) is 3.60.